The van der Waals surface area contributed by atoms with E-state index in [1.165, 1.54) is 5.56 Å². The van der Waals surface area contributed by atoms with E-state index in [0.717, 1.165) is 5.69 Å². The molecule has 1 aromatic carbocycles. The monoisotopic (exact) mass is 198 g/mol. The van der Waals surface area contributed by atoms with Crippen LogP contribution < -0.4 is 0 Å². The topological polar surface area (TPSA) is 28.1 Å². The highest BCUT2D eigenvalue weighted by Gasteiger charge is 1.99. The first-order valence-corrected chi connectivity index (χ1v) is 5.08. The Labute approximate surface area is 89.7 Å². The molecule has 2 aromatic rings. The summed E-state index contributed by atoms with van der Waals surface area (Å²) < 4.78 is 0. The molecule has 0 saturated heterocycles. The Balaban J connectivity index is 2.07. The number of rotatable bonds is 3. The van der Waals surface area contributed by atoms with Crippen LogP contribution in [0.3, 0.4) is 0 Å². The van der Waals surface area contributed by atoms with Gasteiger partial charge in [-0.2, -0.15) is 0 Å². The zero-order valence-electron chi connectivity index (χ0n) is 8.72. The summed E-state index contributed by atoms with van der Waals surface area (Å²) in [5.74, 6) is 0. The van der Waals surface area contributed by atoms with E-state index in [9.17, 15) is 0 Å². The van der Waals surface area contributed by atoms with Gasteiger partial charge in [0.2, 0.25) is 0 Å². The number of aliphatic imine (C=N–C) groups is 1. The zero-order chi connectivity index (χ0) is 10.5. The molecule has 0 aliphatic rings. The van der Waals surface area contributed by atoms with Gasteiger partial charge in [-0.05, 0) is 24.6 Å². The number of nitrogens with one attached hydrogen (secondary N) is 1. The van der Waals surface area contributed by atoms with Gasteiger partial charge in [-0.15, -0.1) is 0 Å². The molecule has 0 spiro atoms. The van der Waals surface area contributed by atoms with Crippen LogP contribution in [-0.2, 0) is 0 Å². The standard InChI is InChI=1S/C13H14N2/c1-11(12-6-3-2-4-7-12)15-10-13-8-5-9-14-13/h2-11,14H,1H3. The maximum absolute atomic E-state index is 4.48. The molecule has 1 heterocycles. The van der Waals surface area contributed by atoms with Gasteiger partial charge in [0.1, 0.15) is 0 Å². The number of H-pyrrole nitrogens is 1. The maximum Gasteiger partial charge on any atom is 0.0721 e. The van der Waals surface area contributed by atoms with Crippen molar-refractivity contribution in [2.24, 2.45) is 4.99 Å². The van der Waals surface area contributed by atoms with E-state index in [-0.39, 0.29) is 6.04 Å². The first kappa shape index (κ1) is 9.71. The van der Waals surface area contributed by atoms with E-state index in [1.807, 2.05) is 42.7 Å². The van der Waals surface area contributed by atoms with Crippen LogP contribution in [0.25, 0.3) is 0 Å². The Morgan fingerprint density at radius 2 is 1.93 bits per heavy atom. The van der Waals surface area contributed by atoms with Crippen LogP contribution >= 0.6 is 0 Å². The molecule has 1 N–H and O–H groups in total. The van der Waals surface area contributed by atoms with Gasteiger partial charge in [-0.25, -0.2) is 0 Å². The second-order valence-corrected chi connectivity index (χ2v) is 3.49. The van der Waals surface area contributed by atoms with E-state index in [2.05, 4.69) is 29.0 Å². The average molecular weight is 198 g/mol. The third kappa shape index (κ3) is 2.56. The van der Waals surface area contributed by atoms with E-state index < -0.39 is 0 Å². The number of aromatic nitrogens is 1. The summed E-state index contributed by atoms with van der Waals surface area (Å²) >= 11 is 0. The van der Waals surface area contributed by atoms with Crippen LogP contribution in [0.1, 0.15) is 24.2 Å². The van der Waals surface area contributed by atoms with Crippen molar-refractivity contribution >= 4 is 6.21 Å². The summed E-state index contributed by atoms with van der Waals surface area (Å²) in [6, 6.07) is 14.5. The summed E-state index contributed by atoms with van der Waals surface area (Å²) in [6.45, 7) is 2.09. The molecule has 0 radical (unpaired) electrons. The van der Waals surface area contributed by atoms with Gasteiger partial charge in [0.05, 0.1) is 11.7 Å². The predicted octanol–water partition coefficient (Wildman–Crippen LogP) is 3.19. The van der Waals surface area contributed by atoms with Gasteiger partial charge in [0, 0.05) is 12.4 Å². The van der Waals surface area contributed by atoms with Gasteiger partial charge < -0.3 is 4.98 Å². The van der Waals surface area contributed by atoms with Crippen molar-refractivity contribution in [1.29, 1.82) is 0 Å². The molecule has 2 heteroatoms. The third-order valence-corrected chi connectivity index (χ3v) is 2.34. The molecule has 15 heavy (non-hydrogen) atoms. The molecule has 0 saturated carbocycles. The molecular weight excluding hydrogens is 184 g/mol. The van der Waals surface area contributed by atoms with Gasteiger partial charge in [-0.3, -0.25) is 4.99 Å². The second-order valence-electron chi connectivity index (χ2n) is 3.49. The molecule has 1 aromatic heterocycles. The Morgan fingerprint density at radius 3 is 2.60 bits per heavy atom. The average Bonchev–Trinajstić information content (AvgIpc) is 2.80. The number of nitrogens with zero attached hydrogens (tertiary/aromatic N) is 1. The van der Waals surface area contributed by atoms with Crippen molar-refractivity contribution in [2.75, 3.05) is 0 Å². The van der Waals surface area contributed by atoms with Crippen molar-refractivity contribution in [3.05, 3.63) is 59.9 Å². The second kappa shape index (κ2) is 4.60. The lowest BCUT2D eigenvalue weighted by Gasteiger charge is -2.04. The number of benzene rings is 1. The lowest BCUT2D eigenvalue weighted by molar-refractivity contribution is 0.825. The lowest BCUT2D eigenvalue weighted by Crippen LogP contribution is -1.90. The molecule has 0 fully saturated rings. The Hall–Kier alpha value is -1.83. The molecule has 76 valence electrons. The normalized spacial score (nSPS) is 13.1. The smallest absolute Gasteiger partial charge is 0.0721 e. The zero-order valence-corrected chi connectivity index (χ0v) is 8.72. The van der Waals surface area contributed by atoms with E-state index in [4.69, 9.17) is 0 Å². The largest absolute Gasteiger partial charge is 0.360 e. The summed E-state index contributed by atoms with van der Waals surface area (Å²) in [5.41, 5.74) is 2.28. The van der Waals surface area contributed by atoms with Crippen LogP contribution in [0.2, 0.25) is 0 Å². The highest BCUT2D eigenvalue weighted by atomic mass is 14.8. The molecule has 0 aliphatic carbocycles. The fourth-order valence-corrected chi connectivity index (χ4v) is 1.43. The van der Waals surface area contributed by atoms with Crippen LogP contribution in [0.4, 0.5) is 0 Å². The fourth-order valence-electron chi connectivity index (χ4n) is 1.43. The first-order valence-electron chi connectivity index (χ1n) is 5.08. The molecule has 1 atom stereocenters. The van der Waals surface area contributed by atoms with Crippen molar-refractivity contribution < 1.29 is 0 Å². The summed E-state index contributed by atoms with van der Waals surface area (Å²) in [7, 11) is 0. The van der Waals surface area contributed by atoms with Crippen molar-refractivity contribution in [2.45, 2.75) is 13.0 Å². The highest BCUT2D eigenvalue weighted by Crippen LogP contribution is 2.15. The van der Waals surface area contributed by atoms with Gasteiger partial charge in [0.15, 0.2) is 0 Å². The van der Waals surface area contributed by atoms with Crippen LogP contribution in [-0.4, -0.2) is 11.2 Å². The van der Waals surface area contributed by atoms with E-state index >= 15 is 0 Å². The van der Waals surface area contributed by atoms with Crippen molar-refractivity contribution in [1.82, 2.24) is 4.98 Å². The molecule has 0 bridgehead atoms. The fraction of sp³-hybridized carbons (Fsp3) is 0.154. The first-order chi connectivity index (χ1) is 7.36. The Bertz CT molecular complexity index is 415. The van der Waals surface area contributed by atoms with Crippen molar-refractivity contribution in [3.63, 3.8) is 0 Å². The summed E-state index contributed by atoms with van der Waals surface area (Å²) in [6.07, 6.45) is 3.77. The van der Waals surface area contributed by atoms with Gasteiger partial charge >= 0.3 is 0 Å². The molecular formula is C13H14N2. The maximum atomic E-state index is 4.48. The minimum atomic E-state index is 0.203. The minimum Gasteiger partial charge on any atom is -0.360 e. The molecule has 2 rings (SSSR count). The van der Waals surface area contributed by atoms with Gasteiger partial charge in [0.25, 0.3) is 0 Å². The Morgan fingerprint density at radius 1 is 1.13 bits per heavy atom. The molecule has 2 nitrogen and oxygen atoms in total. The van der Waals surface area contributed by atoms with Crippen LogP contribution in [0.15, 0.2) is 53.7 Å². The molecule has 1 unspecified atom stereocenters. The number of aromatic amines is 1. The lowest BCUT2D eigenvalue weighted by atomic mass is 10.1. The minimum absolute atomic E-state index is 0.203. The number of hydrogen-bond donors (Lipinski definition) is 1. The third-order valence-electron chi connectivity index (χ3n) is 2.34. The van der Waals surface area contributed by atoms with E-state index in [0.29, 0.717) is 0 Å². The molecule has 0 amide bonds. The van der Waals surface area contributed by atoms with Gasteiger partial charge in [-0.1, -0.05) is 30.3 Å². The summed E-state index contributed by atoms with van der Waals surface area (Å²) in [5, 5.41) is 0. The predicted molar refractivity (Wildman–Crippen MR) is 63.2 cm³/mol. The number of hydrogen-bond acceptors (Lipinski definition) is 1. The van der Waals surface area contributed by atoms with Crippen LogP contribution in [0, 0.1) is 0 Å². The summed E-state index contributed by atoms with van der Waals surface area (Å²) in [4.78, 5) is 7.58. The quantitative estimate of drug-likeness (QED) is 0.734. The van der Waals surface area contributed by atoms with E-state index in [1.54, 1.807) is 0 Å². The SMILES string of the molecule is CC(N=Cc1ccc[nH]1)c1ccccc1. The van der Waals surface area contributed by atoms with Crippen molar-refractivity contribution in [3.8, 4) is 0 Å². The highest BCUT2D eigenvalue weighted by molar-refractivity contribution is 5.77. The molecule has 0 aliphatic heterocycles. The van der Waals surface area contributed by atoms with Crippen LogP contribution in [0.5, 0.6) is 0 Å². The Kier molecular flexibility index (Phi) is 2.98.